The van der Waals surface area contributed by atoms with Gasteiger partial charge in [0.15, 0.2) is 0 Å². The van der Waals surface area contributed by atoms with Gasteiger partial charge in [0.25, 0.3) is 0 Å². The first-order chi connectivity index (χ1) is 5.24. The van der Waals surface area contributed by atoms with Crippen molar-refractivity contribution in [3.8, 4) is 0 Å². The minimum absolute atomic E-state index is 0.0762. The number of hydrogen-bond donors (Lipinski definition) is 1. The first-order valence-electron chi connectivity index (χ1n) is 3.39. The Bertz CT molecular complexity index is 149. The lowest BCUT2D eigenvalue weighted by molar-refractivity contribution is -0.130. The van der Waals surface area contributed by atoms with Gasteiger partial charge in [-0.15, -0.1) is 0 Å². The van der Waals surface area contributed by atoms with Crippen LogP contribution in [0.2, 0.25) is 0 Å². The van der Waals surface area contributed by atoms with E-state index in [1.54, 1.807) is 29.9 Å². The molecule has 5 heteroatoms. The molecule has 1 aliphatic rings. The Kier molecular flexibility index (Phi) is 3.53. The summed E-state index contributed by atoms with van der Waals surface area (Å²) in [5.74, 6) is -0.0762. The molecule has 0 aromatic rings. The number of carbonyl (C=O) groups excluding carboxylic acids is 1. The number of rotatable bonds is 3. The van der Waals surface area contributed by atoms with Crippen molar-refractivity contribution in [1.29, 1.82) is 0 Å². The number of carbonyl (C=O) groups is 1. The summed E-state index contributed by atoms with van der Waals surface area (Å²) in [4.78, 5) is 11.1. The molecule has 1 unspecified atom stereocenters. The molecule has 4 nitrogen and oxygen atoms in total. The molecule has 0 aromatic heterocycles. The van der Waals surface area contributed by atoms with Gasteiger partial charge in [0.05, 0.1) is 19.3 Å². The molecule has 1 N–H and O–H groups in total. The van der Waals surface area contributed by atoms with Crippen molar-refractivity contribution >= 4 is 28.9 Å². The van der Waals surface area contributed by atoms with Crippen LogP contribution < -0.4 is 5.32 Å². The zero-order valence-electron chi connectivity index (χ0n) is 6.17. The third-order valence-corrected chi connectivity index (χ3v) is 2.25. The van der Waals surface area contributed by atoms with Gasteiger partial charge in [0.2, 0.25) is 5.91 Å². The van der Waals surface area contributed by atoms with Crippen molar-refractivity contribution in [1.82, 2.24) is 5.32 Å². The third kappa shape index (κ3) is 2.57. The molecule has 0 saturated carbocycles. The number of hydrogen-bond acceptors (Lipinski definition) is 3. The Labute approximate surface area is 79.3 Å². The summed E-state index contributed by atoms with van der Waals surface area (Å²) < 4.78 is 9.69. The lowest BCUT2D eigenvalue weighted by Gasteiger charge is -2.27. The fraction of sp³-hybridized carbons (Fsp3) is 0.833. The monoisotopic (exact) mass is 271 g/mol. The number of nitrogens with one attached hydrogen (secondary N) is 1. The number of amides is 1. The maximum atomic E-state index is 11.1. The summed E-state index contributed by atoms with van der Waals surface area (Å²) in [6.45, 7) is 2.96. The van der Waals surface area contributed by atoms with E-state index in [0.717, 1.165) is 0 Å². The van der Waals surface area contributed by atoms with Gasteiger partial charge in [0.1, 0.15) is 29.1 Å². The molecule has 1 aliphatic heterocycles. The molecule has 1 amide bonds. The maximum Gasteiger partial charge on any atom is 0.250 e. The lowest BCUT2D eigenvalue weighted by Crippen LogP contribution is -2.51. The molecule has 11 heavy (non-hydrogen) atoms. The summed E-state index contributed by atoms with van der Waals surface area (Å²) in [6, 6.07) is 0.191. The van der Waals surface area contributed by atoms with Crippen LogP contribution in [0.25, 0.3) is 0 Å². The van der Waals surface area contributed by atoms with Crippen LogP contribution in [0.4, 0.5) is 0 Å². The molecule has 0 spiro atoms. The minimum atomic E-state index is -0.379. The maximum absolute atomic E-state index is 11.1. The van der Waals surface area contributed by atoms with Gasteiger partial charge in [0, 0.05) is 0 Å². The van der Waals surface area contributed by atoms with Gasteiger partial charge in [-0.25, -0.2) is 0 Å². The number of halogens is 1. The van der Waals surface area contributed by atoms with Gasteiger partial charge >= 0.3 is 0 Å². The second kappa shape index (κ2) is 4.22. The molecule has 0 aromatic carbocycles. The average molecular weight is 271 g/mol. The van der Waals surface area contributed by atoms with E-state index in [1.165, 1.54) is 0 Å². The summed E-state index contributed by atoms with van der Waals surface area (Å²) in [5.41, 5.74) is 0. The van der Waals surface area contributed by atoms with Crippen molar-refractivity contribution in [3.63, 3.8) is 0 Å². The first kappa shape index (κ1) is 9.21. The normalized spacial score (nSPS) is 20.5. The van der Waals surface area contributed by atoms with Gasteiger partial charge in [-0.3, -0.25) is 4.79 Å². The average Bonchev–Trinajstić information content (AvgIpc) is 1.94. The molecule has 1 rings (SSSR count). The molecule has 1 saturated heterocycles. The fourth-order valence-corrected chi connectivity index (χ4v) is 0.909. The molecule has 0 aliphatic carbocycles. The first-order valence-corrected chi connectivity index (χ1v) is 4.27. The van der Waals surface area contributed by atoms with Gasteiger partial charge < -0.3 is 13.1 Å². The quantitative estimate of drug-likeness (QED) is 0.749. The molecule has 64 valence electrons. The SMILES string of the molecule is CC(OI)C(=O)NC1COC1. The molecule has 1 heterocycles. The summed E-state index contributed by atoms with van der Waals surface area (Å²) >= 11 is 1.71. The van der Waals surface area contributed by atoms with Gasteiger partial charge in [-0.1, -0.05) is 0 Å². The van der Waals surface area contributed by atoms with E-state index in [1.807, 2.05) is 0 Å². The predicted octanol–water partition coefficient (Wildman–Crippen LogP) is 0.257. The highest BCUT2D eigenvalue weighted by Crippen LogP contribution is 2.02. The summed E-state index contributed by atoms with van der Waals surface area (Å²) in [5, 5.41) is 2.77. The van der Waals surface area contributed by atoms with Crippen LogP contribution in [0.5, 0.6) is 0 Å². The molecule has 0 bridgehead atoms. The molecular formula is C6H10INO3. The second-order valence-electron chi connectivity index (χ2n) is 2.47. The second-order valence-corrected chi connectivity index (χ2v) is 2.98. The Morgan fingerprint density at radius 3 is 2.82 bits per heavy atom. The Morgan fingerprint density at radius 1 is 1.82 bits per heavy atom. The Hall–Kier alpha value is 0.120. The fourth-order valence-electron chi connectivity index (χ4n) is 0.678. The smallest absolute Gasteiger partial charge is 0.250 e. The van der Waals surface area contributed by atoms with Crippen molar-refractivity contribution in [2.24, 2.45) is 0 Å². The predicted molar refractivity (Wildman–Crippen MR) is 47.3 cm³/mol. The third-order valence-electron chi connectivity index (χ3n) is 1.49. The lowest BCUT2D eigenvalue weighted by atomic mass is 10.2. The largest absolute Gasteiger partial charge is 0.377 e. The summed E-state index contributed by atoms with van der Waals surface area (Å²) in [7, 11) is 0. The Balaban J connectivity index is 2.19. The van der Waals surface area contributed by atoms with Crippen LogP contribution in [0.15, 0.2) is 0 Å². The van der Waals surface area contributed by atoms with Gasteiger partial charge in [-0.2, -0.15) is 0 Å². The molecule has 0 radical (unpaired) electrons. The van der Waals surface area contributed by atoms with E-state index in [0.29, 0.717) is 13.2 Å². The van der Waals surface area contributed by atoms with E-state index in [4.69, 9.17) is 7.80 Å². The van der Waals surface area contributed by atoms with E-state index < -0.39 is 0 Å². The molecular weight excluding hydrogens is 261 g/mol. The van der Waals surface area contributed by atoms with Crippen LogP contribution in [0.3, 0.4) is 0 Å². The van der Waals surface area contributed by atoms with E-state index in [9.17, 15) is 4.79 Å². The van der Waals surface area contributed by atoms with Crippen molar-refractivity contribution in [2.75, 3.05) is 13.2 Å². The van der Waals surface area contributed by atoms with E-state index >= 15 is 0 Å². The van der Waals surface area contributed by atoms with Crippen LogP contribution in [0.1, 0.15) is 6.92 Å². The van der Waals surface area contributed by atoms with Crippen LogP contribution >= 0.6 is 23.0 Å². The zero-order valence-corrected chi connectivity index (χ0v) is 8.33. The highest BCUT2D eigenvalue weighted by molar-refractivity contribution is 14.1. The van der Waals surface area contributed by atoms with Crippen LogP contribution in [0, 0.1) is 0 Å². The van der Waals surface area contributed by atoms with Gasteiger partial charge in [-0.05, 0) is 6.92 Å². The van der Waals surface area contributed by atoms with Crippen LogP contribution in [-0.4, -0.2) is 31.3 Å². The van der Waals surface area contributed by atoms with Crippen molar-refractivity contribution in [3.05, 3.63) is 0 Å². The standard InChI is InChI=1S/C6H10INO3/c1-4(11-7)6(9)8-5-2-10-3-5/h4-5H,2-3H2,1H3,(H,8,9). The topological polar surface area (TPSA) is 47.6 Å². The zero-order chi connectivity index (χ0) is 8.27. The Morgan fingerprint density at radius 2 is 2.45 bits per heavy atom. The highest BCUT2D eigenvalue weighted by Gasteiger charge is 2.22. The minimum Gasteiger partial charge on any atom is -0.377 e. The van der Waals surface area contributed by atoms with E-state index in [2.05, 4.69) is 5.32 Å². The van der Waals surface area contributed by atoms with Crippen molar-refractivity contribution in [2.45, 2.75) is 19.1 Å². The van der Waals surface area contributed by atoms with E-state index in [-0.39, 0.29) is 18.1 Å². The summed E-state index contributed by atoms with van der Waals surface area (Å²) in [6.07, 6.45) is -0.379. The van der Waals surface area contributed by atoms with Crippen LogP contribution in [-0.2, 0) is 12.6 Å². The molecule has 1 atom stereocenters. The number of ether oxygens (including phenoxy) is 1. The molecule has 1 fully saturated rings. The van der Waals surface area contributed by atoms with Crippen molar-refractivity contribution < 1.29 is 12.6 Å². The highest BCUT2D eigenvalue weighted by atomic mass is 127.